The van der Waals surface area contributed by atoms with Gasteiger partial charge in [0.15, 0.2) is 0 Å². The Hall–Kier alpha value is -0.660. The Balaban J connectivity index is 2.40. The largest absolute Gasteiger partial charge is 0.289 e. The van der Waals surface area contributed by atoms with Gasteiger partial charge in [-0.3, -0.25) is 9.98 Å². The lowest BCUT2D eigenvalue weighted by atomic mass is 10.6. The normalized spacial score (nSPS) is 18.7. The van der Waals surface area contributed by atoms with Crippen molar-refractivity contribution in [1.82, 2.24) is 0 Å². The zero-order valence-corrected chi connectivity index (χ0v) is 3.39. The highest BCUT2D eigenvalue weighted by atomic mass is 14.8. The van der Waals surface area contributed by atoms with Crippen molar-refractivity contribution in [3.8, 4) is 0 Å². The Bertz CT molecular complexity index is 63.5. The maximum Gasteiger partial charge on any atom is 0.0823 e. The minimum Gasteiger partial charge on any atom is -0.289 e. The molecule has 0 N–H and O–H groups in total. The van der Waals surface area contributed by atoms with Crippen molar-refractivity contribution in [3.63, 3.8) is 0 Å². The van der Waals surface area contributed by atoms with E-state index in [0.717, 1.165) is 6.54 Å². The van der Waals surface area contributed by atoms with Crippen LogP contribution in [0.15, 0.2) is 9.98 Å². The van der Waals surface area contributed by atoms with Gasteiger partial charge in [0.1, 0.15) is 0 Å². The molecule has 0 unspecified atom stereocenters. The Kier molecular flexibility index (Phi) is 0.998. The van der Waals surface area contributed by atoms with E-state index in [2.05, 4.69) is 16.2 Å². The average Bonchev–Trinajstić information content (AvgIpc) is 1.72. The molecule has 1 rings (SSSR count). The van der Waals surface area contributed by atoms with E-state index in [1.54, 1.807) is 6.21 Å². The highest BCUT2D eigenvalue weighted by Gasteiger charge is 1.78. The first kappa shape index (κ1) is 3.53. The number of rotatable bonds is 0. The Morgan fingerprint density at radius 1 is 1.67 bits per heavy atom. The molecule has 0 aliphatic carbocycles. The lowest BCUT2D eigenvalue weighted by molar-refractivity contribution is 1.20. The highest BCUT2D eigenvalue weighted by Crippen LogP contribution is 1.72. The van der Waals surface area contributed by atoms with Crippen LogP contribution in [0.4, 0.5) is 0 Å². The molecule has 0 fully saturated rings. The van der Waals surface area contributed by atoms with E-state index in [4.69, 9.17) is 0 Å². The standard InChI is InChI=1S/C4H5N2/c1-2-6-4-3-5-1/h1H,2-3H2. The summed E-state index contributed by atoms with van der Waals surface area (Å²) in [7, 11) is 0. The smallest absolute Gasteiger partial charge is 0.0823 e. The van der Waals surface area contributed by atoms with E-state index in [-0.39, 0.29) is 0 Å². The molecule has 2 nitrogen and oxygen atoms in total. The third-order valence-corrected chi connectivity index (χ3v) is 0.576. The number of aliphatic imine (C=N–C) groups is 2. The van der Waals surface area contributed by atoms with Crippen LogP contribution < -0.4 is 0 Å². The Morgan fingerprint density at radius 3 is 2.83 bits per heavy atom. The summed E-state index contributed by atoms with van der Waals surface area (Å²) in [5.74, 6) is 0. The summed E-state index contributed by atoms with van der Waals surface area (Å²) in [6, 6.07) is 0. The van der Waals surface area contributed by atoms with Crippen molar-refractivity contribution in [2.24, 2.45) is 9.98 Å². The fourth-order valence-electron chi connectivity index (χ4n) is 0.318. The van der Waals surface area contributed by atoms with Gasteiger partial charge in [-0.15, -0.1) is 0 Å². The summed E-state index contributed by atoms with van der Waals surface area (Å²) >= 11 is 0. The quantitative estimate of drug-likeness (QED) is 0.392. The minimum absolute atomic E-state index is 0.653. The predicted molar refractivity (Wildman–Crippen MR) is 25.7 cm³/mol. The van der Waals surface area contributed by atoms with Gasteiger partial charge < -0.3 is 0 Å². The molecule has 2 heteroatoms. The Morgan fingerprint density at radius 2 is 2.67 bits per heavy atom. The molecule has 31 valence electrons. The summed E-state index contributed by atoms with van der Waals surface area (Å²) in [5.41, 5.74) is 0. The molecule has 0 saturated heterocycles. The van der Waals surface area contributed by atoms with Crippen molar-refractivity contribution >= 4 is 12.4 Å². The summed E-state index contributed by atoms with van der Waals surface area (Å²) in [5, 5.41) is 0. The highest BCUT2D eigenvalue weighted by molar-refractivity contribution is 5.72. The van der Waals surface area contributed by atoms with Crippen LogP contribution in [0.1, 0.15) is 0 Å². The van der Waals surface area contributed by atoms with E-state index < -0.39 is 0 Å². The fourth-order valence-corrected chi connectivity index (χ4v) is 0.318. The second-order valence-electron chi connectivity index (χ2n) is 1.02. The van der Waals surface area contributed by atoms with Crippen LogP contribution in [-0.4, -0.2) is 25.5 Å². The van der Waals surface area contributed by atoms with Crippen LogP contribution in [0.5, 0.6) is 0 Å². The van der Waals surface area contributed by atoms with Crippen molar-refractivity contribution in [2.75, 3.05) is 13.1 Å². The number of nitrogens with zero attached hydrogens (tertiary/aromatic N) is 2. The molecule has 0 aromatic carbocycles. The van der Waals surface area contributed by atoms with Gasteiger partial charge in [0.25, 0.3) is 0 Å². The molecule has 6 heavy (non-hydrogen) atoms. The van der Waals surface area contributed by atoms with Crippen molar-refractivity contribution in [2.45, 2.75) is 0 Å². The second-order valence-corrected chi connectivity index (χ2v) is 1.02. The van der Waals surface area contributed by atoms with Gasteiger partial charge in [0, 0.05) is 6.21 Å². The maximum atomic E-state index is 3.85. The van der Waals surface area contributed by atoms with Crippen molar-refractivity contribution in [1.29, 1.82) is 0 Å². The van der Waals surface area contributed by atoms with Gasteiger partial charge in [-0.1, -0.05) is 0 Å². The van der Waals surface area contributed by atoms with E-state index in [0.29, 0.717) is 6.54 Å². The first-order chi connectivity index (χ1) is 3.00. The molecule has 0 saturated carbocycles. The molecule has 0 aromatic rings. The van der Waals surface area contributed by atoms with Gasteiger partial charge in [-0.25, -0.2) is 0 Å². The van der Waals surface area contributed by atoms with Gasteiger partial charge in [0.2, 0.25) is 0 Å². The van der Waals surface area contributed by atoms with Crippen LogP contribution in [-0.2, 0) is 0 Å². The molecular weight excluding hydrogens is 76.1 g/mol. The number of hydrogen-bond donors (Lipinski definition) is 0. The summed E-state index contributed by atoms with van der Waals surface area (Å²) in [4.78, 5) is 7.62. The minimum atomic E-state index is 0.653. The van der Waals surface area contributed by atoms with Gasteiger partial charge >= 0.3 is 0 Å². The lowest BCUT2D eigenvalue weighted by Crippen LogP contribution is -1.93. The van der Waals surface area contributed by atoms with E-state index in [9.17, 15) is 0 Å². The summed E-state index contributed by atoms with van der Waals surface area (Å²) in [6.45, 7) is 1.38. The topological polar surface area (TPSA) is 24.7 Å². The zero-order chi connectivity index (χ0) is 4.24. The van der Waals surface area contributed by atoms with Crippen LogP contribution in [0.25, 0.3) is 0 Å². The van der Waals surface area contributed by atoms with Gasteiger partial charge in [-0.05, 0) is 0 Å². The molecule has 1 aliphatic heterocycles. The molecule has 1 heterocycles. The van der Waals surface area contributed by atoms with Gasteiger partial charge in [0.05, 0.1) is 19.3 Å². The fraction of sp³-hybridized carbons (Fsp3) is 0.500. The second kappa shape index (κ2) is 1.70. The molecule has 0 atom stereocenters. The summed E-state index contributed by atoms with van der Waals surface area (Å²) in [6.07, 6.45) is 4.50. The van der Waals surface area contributed by atoms with E-state index in [1.165, 1.54) is 0 Å². The molecule has 0 bridgehead atoms. The molecule has 1 radical (unpaired) electrons. The third kappa shape index (κ3) is 0.641. The molecule has 0 amide bonds. The molecule has 0 spiro atoms. The van der Waals surface area contributed by atoms with Crippen LogP contribution in [0.3, 0.4) is 0 Å². The number of hydrogen-bond acceptors (Lipinski definition) is 2. The first-order valence-electron chi connectivity index (χ1n) is 1.88. The van der Waals surface area contributed by atoms with E-state index >= 15 is 0 Å². The first-order valence-corrected chi connectivity index (χ1v) is 1.88. The van der Waals surface area contributed by atoms with Crippen molar-refractivity contribution < 1.29 is 0 Å². The molecular formula is C4H5N2. The van der Waals surface area contributed by atoms with Crippen LogP contribution in [0, 0.1) is 0 Å². The zero-order valence-electron chi connectivity index (χ0n) is 3.39. The Labute approximate surface area is 36.6 Å². The average molecular weight is 81.1 g/mol. The monoisotopic (exact) mass is 81.0 g/mol. The molecule has 1 aliphatic rings. The summed E-state index contributed by atoms with van der Waals surface area (Å²) < 4.78 is 0. The SMILES string of the molecule is [C]1=NCC=NC1. The van der Waals surface area contributed by atoms with Gasteiger partial charge in [-0.2, -0.15) is 0 Å². The predicted octanol–water partition coefficient (Wildman–Crippen LogP) is 0.0186. The van der Waals surface area contributed by atoms with Crippen LogP contribution >= 0.6 is 0 Å². The van der Waals surface area contributed by atoms with Crippen LogP contribution in [0.2, 0.25) is 0 Å². The van der Waals surface area contributed by atoms with Crippen molar-refractivity contribution in [3.05, 3.63) is 0 Å². The maximum absolute atomic E-state index is 3.85. The lowest BCUT2D eigenvalue weighted by Gasteiger charge is -1.86. The third-order valence-electron chi connectivity index (χ3n) is 0.576. The van der Waals surface area contributed by atoms with E-state index in [1.807, 2.05) is 0 Å². The molecule has 0 aromatic heterocycles.